The Morgan fingerprint density at radius 3 is 2.58 bits per heavy atom. The monoisotopic (exact) mass is 419 g/mol. The highest BCUT2D eigenvalue weighted by Crippen LogP contribution is 2.39. The highest BCUT2D eigenvalue weighted by Gasteiger charge is 2.28. The average Bonchev–Trinajstić information content (AvgIpc) is 3.18. The van der Waals surface area contributed by atoms with Gasteiger partial charge in [0.15, 0.2) is 0 Å². The third-order valence-electron chi connectivity index (χ3n) is 4.13. The summed E-state index contributed by atoms with van der Waals surface area (Å²) in [5.74, 6) is -1.47. The van der Waals surface area contributed by atoms with Crippen LogP contribution in [0, 0.1) is 5.82 Å². The molecule has 1 aliphatic rings. The number of rotatable bonds is 3. The third-order valence-corrected chi connectivity index (χ3v) is 4.76. The highest BCUT2D eigenvalue weighted by atomic mass is 79.9. The molecule has 2 heterocycles. The van der Waals surface area contributed by atoms with E-state index in [1.54, 1.807) is 12.1 Å². The van der Waals surface area contributed by atoms with E-state index < -0.39 is 17.9 Å². The molecular weight excluding hydrogens is 409 g/mol. The highest BCUT2D eigenvalue weighted by molar-refractivity contribution is 9.10. The Morgan fingerprint density at radius 1 is 1.23 bits per heavy atom. The Hall–Kier alpha value is -2.87. The number of carboxylic acid groups (broad SMARTS) is 1. The first-order valence-electron chi connectivity index (χ1n) is 7.65. The Morgan fingerprint density at radius 2 is 1.96 bits per heavy atom. The zero-order chi connectivity index (χ0) is 18.4. The van der Waals surface area contributed by atoms with Gasteiger partial charge in [0, 0.05) is 21.5 Å². The van der Waals surface area contributed by atoms with Crippen molar-refractivity contribution in [1.82, 2.24) is 0 Å². The van der Waals surface area contributed by atoms with Gasteiger partial charge in [0.05, 0.1) is 12.2 Å². The van der Waals surface area contributed by atoms with Crippen LogP contribution < -0.4 is 4.90 Å². The lowest BCUT2D eigenvalue weighted by atomic mass is 10.1. The van der Waals surface area contributed by atoms with Crippen molar-refractivity contribution in [3.8, 4) is 11.3 Å². The van der Waals surface area contributed by atoms with Crippen LogP contribution in [0.15, 0.2) is 45.3 Å². The minimum absolute atomic E-state index is 0.0251. The second-order valence-corrected chi connectivity index (χ2v) is 6.54. The largest absolute Gasteiger partial charge is 0.478 e. The van der Waals surface area contributed by atoms with Crippen LogP contribution in [0.4, 0.5) is 14.9 Å². The molecule has 1 N–H and O–H groups in total. The third kappa shape index (κ3) is 2.62. The molecule has 1 amide bonds. The molecule has 0 atom stereocenters. The van der Waals surface area contributed by atoms with E-state index in [9.17, 15) is 19.1 Å². The number of nitrogens with zero attached hydrogens (tertiary/aromatic N) is 1. The van der Waals surface area contributed by atoms with Crippen LogP contribution in [0.2, 0.25) is 0 Å². The van der Waals surface area contributed by atoms with E-state index in [-0.39, 0.29) is 17.9 Å². The molecule has 2 aromatic carbocycles. The standard InChI is InChI=1S/C18H11BrFNO5/c19-12-7-11-14(8-13(12)21-5-6-25-18(21)24)26-16(15(11)17(22)23)9-1-3-10(20)4-2-9/h1-4,7-8H,5-6H2,(H,22,23). The maximum Gasteiger partial charge on any atom is 0.414 e. The summed E-state index contributed by atoms with van der Waals surface area (Å²) in [6.07, 6.45) is -0.478. The van der Waals surface area contributed by atoms with Crippen LogP contribution in [0.3, 0.4) is 0 Å². The van der Waals surface area contributed by atoms with Gasteiger partial charge in [-0.05, 0) is 46.3 Å². The number of halogens is 2. The zero-order valence-electron chi connectivity index (χ0n) is 13.2. The van der Waals surface area contributed by atoms with Gasteiger partial charge in [-0.25, -0.2) is 14.0 Å². The molecule has 1 saturated heterocycles. The minimum atomic E-state index is -1.16. The topological polar surface area (TPSA) is 80.0 Å². The number of furan rings is 1. The summed E-state index contributed by atoms with van der Waals surface area (Å²) in [4.78, 5) is 25.1. The normalized spacial score (nSPS) is 14.1. The molecule has 6 nitrogen and oxygen atoms in total. The fourth-order valence-corrected chi connectivity index (χ4v) is 3.50. The number of carbonyl (C=O) groups excluding carboxylic acids is 1. The van der Waals surface area contributed by atoms with Crippen molar-refractivity contribution in [1.29, 1.82) is 0 Å². The van der Waals surface area contributed by atoms with Gasteiger partial charge in [-0.15, -0.1) is 0 Å². The lowest BCUT2D eigenvalue weighted by Crippen LogP contribution is -2.23. The minimum Gasteiger partial charge on any atom is -0.478 e. The molecule has 0 saturated carbocycles. The first-order chi connectivity index (χ1) is 12.5. The van der Waals surface area contributed by atoms with E-state index in [4.69, 9.17) is 9.15 Å². The Labute approximate surface area is 154 Å². The fraction of sp³-hybridized carbons (Fsp3) is 0.111. The number of cyclic esters (lactones) is 1. The summed E-state index contributed by atoms with van der Waals surface area (Å²) < 4.78 is 24.4. The molecule has 0 unspecified atom stereocenters. The van der Waals surface area contributed by atoms with E-state index in [1.807, 2.05) is 0 Å². The van der Waals surface area contributed by atoms with Crippen molar-refractivity contribution in [3.63, 3.8) is 0 Å². The number of aromatic carboxylic acids is 1. The summed E-state index contributed by atoms with van der Waals surface area (Å²) in [6.45, 7) is 0.670. The maximum atomic E-state index is 13.2. The van der Waals surface area contributed by atoms with Gasteiger partial charge in [0.1, 0.15) is 29.3 Å². The van der Waals surface area contributed by atoms with Crippen molar-refractivity contribution in [2.75, 3.05) is 18.1 Å². The summed E-state index contributed by atoms with van der Waals surface area (Å²) in [7, 11) is 0. The second-order valence-electron chi connectivity index (χ2n) is 5.68. The molecule has 26 heavy (non-hydrogen) atoms. The Kier molecular flexibility index (Phi) is 3.91. The molecule has 1 aromatic heterocycles. The Balaban J connectivity index is 1.93. The summed E-state index contributed by atoms with van der Waals surface area (Å²) >= 11 is 3.38. The number of amides is 1. The zero-order valence-corrected chi connectivity index (χ0v) is 14.7. The molecule has 0 radical (unpaired) electrons. The van der Waals surface area contributed by atoms with Gasteiger partial charge >= 0.3 is 12.1 Å². The first kappa shape index (κ1) is 16.6. The molecule has 1 fully saturated rings. The van der Waals surface area contributed by atoms with E-state index in [1.165, 1.54) is 29.2 Å². The van der Waals surface area contributed by atoms with Crippen LogP contribution in [-0.2, 0) is 4.74 Å². The van der Waals surface area contributed by atoms with E-state index in [2.05, 4.69) is 15.9 Å². The SMILES string of the molecule is O=C(O)c1c(-c2ccc(F)cc2)oc2cc(N3CCOC3=O)c(Br)cc12. The number of hydrogen-bond donors (Lipinski definition) is 1. The molecule has 132 valence electrons. The van der Waals surface area contributed by atoms with Gasteiger partial charge < -0.3 is 14.3 Å². The van der Waals surface area contributed by atoms with Crippen molar-refractivity contribution in [3.05, 3.63) is 52.3 Å². The van der Waals surface area contributed by atoms with Crippen LogP contribution >= 0.6 is 15.9 Å². The van der Waals surface area contributed by atoms with Crippen LogP contribution in [0.1, 0.15) is 10.4 Å². The Bertz CT molecular complexity index is 1040. The number of ether oxygens (including phenoxy) is 1. The molecule has 0 aliphatic carbocycles. The molecular formula is C18H11BrFNO5. The number of carbonyl (C=O) groups is 2. The molecule has 0 spiro atoms. The van der Waals surface area contributed by atoms with Gasteiger partial charge in [-0.2, -0.15) is 0 Å². The average molecular weight is 420 g/mol. The first-order valence-corrected chi connectivity index (χ1v) is 8.44. The van der Waals surface area contributed by atoms with Crippen LogP contribution in [-0.4, -0.2) is 30.3 Å². The molecule has 1 aliphatic heterocycles. The van der Waals surface area contributed by atoms with Crippen molar-refractivity contribution >= 4 is 44.6 Å². The van der Waals surface area contributed by atoms with E-state index >= 15 is 0 Å². The summed E-state index contributed by atoms with van der Waals surface area (Å²) in [6, 6.07) is 8.55. The summed E-state index contributed by atoms with van der Waals surface area (Å²) in [5, 5.41) is 10.0. The van der Waals surface area contributed by atoms with Crippen LogP contribution in [0.5, 0.6) is 0 Å². The van der Waals surface area contributed by atoms with Gasteiger partial charge in [0.2, 0.25) is 0 Å². The lowest BCUT2D eigenvalue weighted by Gasteiger charge is -2.14. The second kappa shape index (κ2) is 6.14. The summed E-state index contributed by atoms with van der Waals surface area (Å²) in [5.41, 5.74) is 1.25. The predicted molar refractivity (Wildman–Crippen MR) is 95.0 cm³/mol. The van der Waals surface area contributed by atoms with Crippen molar-refractivity contribution < 1.29 is 28.2 Å². The fourth-order valence-electron chi connectivity index (χ4n) is 2.94. The van der Waals surface area contributed by atoms with Crippen molar-refractivity contribution in [2.45, 2.75) is 0 Å². The molecule has 4 rings (SSSR count). The lowest BCUT2D eigenvalue weighted by molar-refractivity contribution is 0.0699. The smallest absolute Gasteiger partial charge is 0.414 e. The van der Waals surface area contributed by atoms with Gasteiger partial charge in [-0.3, -0.25) is 4.90 Å². The van der Waals surface area contributed by atoms with Crippen molar-refractivity contribution in [2.24, 2.45) is 0 Å². The van der Waals surface area contributed by atoms with Crippen LogP contribution in [0.25, 0.3) is 22.3 Å². The number of benzene rings is 2. The van der Waals surface area contributed by atoms with Gasteiger partial charge in [0.25, 0.3) is 0 Å². The number of fused-ring (bicyclic) bond motifs is 1. The van der Waals surface area contributed by atoms with E-state index in [0.717, 1.165) is 0 Å². The predicted octanol–water partition coefficient (Wildman–Crippen LogP) is 4.66. The number of carboxylic acids is 1. The van der Waals surface area contributed by atoms with E-state index in [0.29, 0.717) is 33.2 Å². The van der Waals surface area contributed by atoms with Gasteiger partial charge in [-0.1, -0.05) is 0 Å². The molecule has 0 bridgehead atoms. The quantitative estimate of drug-likeness (QED) is 0.667. The molecule has 3 aromatic rings. The number of anilines is 1. The molecule has 8 heteroatoms. The number of hydrogen-bond acceptors (Lipinski definition) is 4. The maximum absolute atomic E-state index is 13.2.